The Hall–Kier alpha value is -2.67. The maximum Gasteiger partial charge on any atom is 0.337 e. The predicted molar refractivity (Wildman–Crippen MR) is 97.0 cm³/mol. The van der Waals surface area contributed by atoms with E-state index in [1.165, 1.54) is 18.4 Å². The molecular weight excluding hydrogens is 340 g/mol. The van der Waals surface area contributed by atoms with Crippen LogP contribution in [0.25, 0.3) is 0 Å². The molecule has 0 saturated heterocycles. The minimum atomic E-state index is -0.452. The van der Waals surface area contributed by atoms with Crippen LogP contribution in [0.4, 0.5) is 5.69 Å². The number of esters is 1. The van der Waals surface area contributed by atoms with E-state index in [4.69, 9.17) is 0 Å². The highest BCUT2D eigenvalue weighted by Crippen LogP contribution is 2.18. The number of amides is 2. The van der Waals surface area contributed by atoms with Gasteiger partial charge >= 0.3 is 5.97 Å². The smallest absolute Gasteiger partial charge is 0.337 e. The molecule has 2 N–H and O–H groups in total. The summed E-state index contributed by atoms with van der Waals surface area (Å²) in [5.41, 5.74) is 2.44. The van der Waals surface area contributed by atoms with Crippen molar-refractivity contribution in [1.29, 1.82) is 0 Å². The van der Waals surface area contributed by atoms with Crippen LogP contribution in [-0.2, 0) is 9.53 Å². The van der Waals surface area contributed by atoms with E-state index in [2.05, 4.69) is 15.4 Å². The fraction of sp³-hybridized carbons (Fsp3) is 0.278. The van der Waals surface area contributed by atoms with Gasteiger partial charge in [0.15, 0.2) is 0 Å². The van der Waals surface area contributed by atoms with Crippen LogP contribution in [-0.4, -0.2) is 31.4 Å². The largest absolute Gasteiger partial charge is 0.465 e. The van der Waals surface area contributed by atoms with Crippen molar-refractivity contribution in [3.8, 4) is 0 Å². The summed E-state index contributed by atoms with van der Waals surface area (Å²) in [6, 6.07) is 6.75. The minimum absolute atomic E-state index is 0.136. The molecule has 2 rings (SSSR count). The van der Waals surface area contributed by atoms with Crippen LogP contribution >= 0.6 is 11.3 Å². The molecule has 0 fully saturated rings. The van der Waals surface area contributed by atoms with Crippen LogP contribution in [0.15, 0.2) is 35.0 Å². The van der Waals surface area contributed by atoms with Gasteiger partial charge < -0.3 is 15.4 Å². The van der Waals surface area contributed by atoms with Gasteiger partial charge in [-0.1, -0.05) is 6.07 Å². The predicted octanol–water partition coefficient (Wildman–Crippen LogP) is 2.99. The Kier molecular flexibility index (Phi) is 6.71. The van der Waals surface area contributed by atoms with Crippen LogP contribution < -0.4 is 10.6 Å². The van der Waals surface area contributed by atoms with E-state index < -0.39 is 5.97 Å². The number of benzene rings is 1. The lowest BCUT2D eigenvalue weighted by Gasteiger charge is -2.10. The van der Waals surface area contributed by atoms with Crippen LogP contribution in [0.5, 0.6) is 0 Å². The first-order valence-corrected chi connectivity index (χ1v) is 8.74. The maximum absolute atomic E-state index is 12.1. The van der Waals surface area contributed by atoms with Gasteiger partial charge in [-0.25, -0.2) is 4.79 Å². The van der Waals surface area contributed by atoms with E-state index in [0.717, 1.165) is 5.56 Å². The molecule has 0 aliphatic heterocycles. The van der Waals surface area contributed by atoms with Gasteiger partial charge in [-0.2, -0.15) is 11.3 Å². The highest BCUT2D eigenvalue weighted by molar-refractivity contribution is 7.08. The molecule has 0 radical (unpaired) electrons. The number of methoxy groups -OCH3 is 1. The zero-order chi connectivity index (χ0) is 18.2. The zero-order valence-electron chi connectivity index (χ0n) is 14.1. The van der Waals surface area contributed by atoms with E-state index in [0.29, 0.717) is 29.8 Å². The average molecular weight is 360 g/mol. The highest BCUT2D eigenvalue weighted by Gasteiger charge is 2.11. The SMILES string of the molecule is COC(=O)c1ccc(C)c(NC(=O)CCCNC(=O)c2ccsc2)c1. The van der Waals surface area contributed by atoms with Crippen molar-refractivity contribution in [3.05, 3.63) is 51.7 Å². The van der Waals surface area contributed by atoms with Crippen molar-refractivity contribution in [2.45, 2.75) is 19.8 Å². The lowest BCUT2D eigenvalue weighted by atomic mass is 10.1. The minimum Gasteiger partial charge on any atom is -0.465 e. The Morgan fingerprint density at radius 3 is 2.64 bits per heavy atom. The van der Waals surface area contributed by atoms with Crippen molar-refractivity contribution in [2.75, 3.05) is 19.0 Å². The number of ether oxygens (including phenoxy) is 1. The third-order valence-electron chi connectivity index (χ3n) is 3.58. The molecule has 1 heterocycles. The van der Waals surface area contributed by atoms with E-state index in [-0.39, 0.29) is 18.2 Å². The topological polar surface area (TPSA) is 84.5 Å². The standard InChI is InChI=1S/C18H20N2O4S/c1-12-5-6-13(18(23)24-2)10-15(12)20-16(21)4-3-8-19-17(22)14-7-9-25-11-14/h5-7,9-11H,3-4,8H2,1-2H3,(H,19,22)(H,20,21). The normalized spacial score (nSPS) is 10.2. The fourth-order valence-electron chi connectivity index (χ4n) is 2.16. The number of hydrogen-bond acceptors (Lipinski definition) is 5. The fourth-order valence-corrected chi connectivity index (χ4v) is 2.80. The van der Waals surface area contributed by atoms with E-state index in [1.54, 1.807) is 29.6 Å². The summed E-state index contributed by atoms with van der Waals surface area (Å²) in [4.78, 5) is 35.4. The van der Waals surface area contributed by atoms with E-state index in [1.807, 2.05) is 12.3 Å². The molecule has 0 saturated carbocycles. The average Bonchev–Trinajstić information content (AvgIpc) is 3.14. The van der Waals surface area contributed by atoms with Crippen LogP contribution in [0.2, 0.25) is 0 Å². The van der Waals surface area contributed by atoms with Gasteiger partial charge in [0.25, 0.3) is 5.91 Å². The maximum atomic E-state index is 12.1. The molecular formula is C18H20N2O4S. The molecule has 0 spiro atoms. The summed E-state index contributed by atoms with van der Waals surface area (Å²) in [5.74, 6) is -0.759. The molecule has 0 unspecified atom stereocenters. The van der Waals surface area contributed by atoms with Crippen molar-refractivity contribution < 1.29 is 19.1 Å². The van der Waals surface area contributed by atoms with Crippen molar-refractivity contribution in [2.24, 2.45) is 0 Å². The second kappa shape index (κ2) is 8.98. The number of carbonyl (C=O) groups excluding carboxylic acids is 3. The Balaban J connectivity index is 1.80. The first-order valence-electron chi connectivity index (χ1n) is 7.80. The van der Waals surface area contributed by atoms with Crippen LogP contribution in [0.1, 0.15) is 39.1 Å². The van der Waals surface area contributed by atoms with Crippen molar-refractivity contribution in [3.63, 3.8) is 0 Å². The number of aryl methyl sites for hydroxylation is 1. The molecule has 132 valence electrons. The van der Waals surface area contributed by atoms with Gasteiger partial charge in [0.1, 0.15) is 0 Å². The summed E-state index contributed by atoms with van der Waals surface area (Å²) >= 11 is 1.46. The van der Waals surface area contributed by atoms with Gasteiger partial charge in [-0.05, 0) is 42.5 Å². The second-order valence-corrected chi connectivity index (χ2v) is 6.22. The first kappa shape index (κ1) is 18.7. The first-order chi connectivity index (χ1) is 12.0. The molecule has 25 heavy (non-hydrogen) atoms. The van der Waals surface area contributed by atoms with Gasteiger partial charge in [-0.3, -0.25) is 9.59 Å². The molecule has 6 nitrogen and oxygen atoms in total. The molecule has 1 aromatic heterocycles. The quantitative estimate of drug-likeness (QED) is 0.587. The molecule has 0 atom stereocenters. The summed E-state index contributed by atoms with van der Waals surface area (Å²) < 4.78 is 4.68. The highest BCUT2D eigenvalue weighted by atomic mass is 32.1. The van der Waals surface area contributed by atoms with Gasteiger partial charge in [0.05, 0.1) is 12.7 Å². The summed E-state index contributed by atoms with van der Waals surface area (Å²) in [6.45, 7) is 2.26. The van der Waals surface area contributed by atoms with Crippen molar-refractivity contribution in [1.82, 2.24) is 5.32 Å². The van der Waals surface area contributed by atoms with Crippen molar-refractivity contribution >= 4 is 34.8 Å². The van der Waals surface area contributed by atoms with Gasteiger partial charge in [-0.15, -0.1) is 0 Å². The number of nitrogens with one attached hydrogen (secondary N) is 2. The lowest BCUT2D eigenvalue weighted by Crippen LogP contribution is -2.25. The molecule has 2 amide bonds. The number of anilines is 1. The number of thiophene rings is 1. The molecule has 1 aromatic carbocycles. The number of hydrogen-bond donors (Lipinski definition) is 2. The Labute approximate surface area is 150 Å². The summed E-state index contributed by atoms with van der Waals surface area (Å²) in [7, 11) is 1.31. The Morgan fingerprint density at radius 2 is 1.96 bits per heavy atom. The summed E-state index contributed by atoms with van der Waals surface area (Å²) in [6.07, 6.45) is 0.795. The third kappa shape index (κ3) is 5.42. The molecule has 7 heteroatoms. The molecule has 0 aliphatic rings. The Bertz CT molecular complexity index is 756. The van der Waals surface area contributed by atoms with E-state index in [9.17, 15) is 14.4 Å². The monoisotopic (exact) mass is 360 g/mol. The number of rotatable bonds is 7. The molecule has 0 bridgehead atoms. The Morgan fingerprint density at radius 1 is 1.16 bits per heavy atom. The second-order valence-electron chi connectivity index (χ2n) is 5.44. The van der Waals surface area contributed by atoms with E-state index >= 15 is 0 Å². The van der Waals surface area contributed by atoms with Gasteiger partial charge in [0, 0.05) is 29.6 Å². The third-order valence-corrected chi connectivity index (χ3v) is 4.27. The van der Waals surface area contributed by atoms with Crippen LogP contribution in [0.3, 0.4) is 0 Å². The molecule has 2 aromatic rings. The van der Waals surface area contributed by atoms with Crippen LogP contribution in [0, 0.1) is 6.92 Å². The summed E-state index contributed by atoms with van der Waals surface area (Å²) in [5, 5.41) is 9.18. The van der Waals surface area contributed by atoms with Gasteiger partial charge in [0.2, 0.25) is 5.91 Å². The number of carbonyl (C=O) groups is 3. The lowest BCUT2D eigenvalue weighted by molar-refractivity contribution is -0.116. The zero-order valence-corrected chi connectivity index (χ0v) is 14.9. The molecule has 0 aliphatic carbocycles.